The number of hydrogen-bond donors (Lipinski definition) is 1. The Morgan fingerprint density at radius 2 is 2.14 bits per heavy atom. The molecule has 2 heterocycles. The number of nitrogens with one attached hydrogen (secondary N) is 1. The zero-order valence-corrected chi connectivity index (χ0v) is 7.07. The molecule has 4 heteroatoms. The van der Waals surface area contributed by atoms with E-state index in [1.54, 1.807) is 12.4 Å². The maximum Gasteiger partial charge on any atom is 0.110 e. The van der Waals surface area contributed by atoms with Gasteiger partial charge >= 0.3 is 0 Å². The maximum absolute atomic E-state index is 7.66. The average Bonchev–Trinajstić information content (AvgIpc) is 2.20. The second-order valence-corrected chi connectivity index (χ2v) is 2.76. The molecule has 14 heavy (non-hydrogen) atoms. The first-order valence-corrected chi connectivity index (χ1v) is 4.10. The summed E-state index contributed by atoms with van der Waals surface area (Å²) in [6.45, 7) is 0. The zero-order valence-electron chi connectivity index (χ0n) is 7.07. The van der Waals surface area contributed by atoms with Crippen LogP contribution in [0.5, 0.6) is 0 Å². The highest BCUT2D eigenvalue weighted by atomic mass is 14.8. The van der Waals surface area contributed by atoms with Gasteiger partial charge in [0.15, 0.2) is 0 Å². The number of rotatable bonds is 1. The van der Waals surface area contributed by atoms with Crippen molar-refractivity contribution in [3.05, 3.63) is 42.4 Å². The first kappa shape index (κ1) is 10.4. The van der Waals surface area contributed by atoms with Crippen LogP contribution in [-0.4, -0.2) is 24.8 Å². The van der Waals surface area contributed by atoms with Crippen LogP contribution in [0.1, 0.15) is 12.1 Å². The lowest BCUT2D eigenvalue weighted by atomic mass is 10.1. The number of pyridine rings is 1. The molecule has 2 rings (SSSR count). The minimum Gasteiger partial charge on any atom is -0.303 e. The van der Waals surface area contributed by atoms with Crippen LogP contribution in [0.2, 0.25) is 0 Å². The van der Waals surface area contributed by atoms with Gasteiger partial charge in [0.05, 0.1) is 19.8 Å². The molecule has 70 valence electrons. The SMILES string of the molecule is B.N=C1CC=CN=C1c1ccccn1. The lowest BCUT2D eigenvalue weighted by Gasteiger charge is -2.07. The van der Waals surface area contributed by atoms with Gasteiger partial charge in [-0.25, -0.2) is 0 Å². The van der Waals surface area contributed by atoms with Gasteiger partial charge in [-0.1, -0.05) is 12.1 Å². The molecule has 0 unspecified atom stereocenters. The van der Waals surface area contributed by atoms with Crippen LogP contribution < -0.4 is 0 Å². The number of aliphatic imine (C=N–C) groups is 1. The second-order valence-electron chi connectivity index (χ2n) is 2.76. The third kappa shape index (κ3) is 1.96. The molecule has 1 aromatic rings. The van der Waals surface area contributed by atoms with Crippen molar-refractivity contribution in [1.29, 1.82) is 5.41 Å². The number of hydrogen-bond acceptors (Lipinski definition) is 3. The monoisotopic (exact) mass is 185 g/mol. The Kier molecular flexibility index (Phi) is 3.34. The molecule has 1 aliphatic rings. The molecular formula is C10H12BN3. The van der Waals surface area contributed by atoms with Crippen molar-refractivity contribution in [1.82, 2.24) is 4.98 Å². The maximum atomic E-state index is 7.66. The van der Waals surface area contributed by atoms with Crippen molar-refractivity contribution in [2.45, 2.75) is 6.42 Å². The van der Waals surface area contributed by atoms with Gasteiger partial charge < -0.3 is 5.41 Å². The summed E-state index contributed by atoms with van der Waals surface area (Å²) in [5.74, 6) is 0. The third-order valence-corrected chi connectivity index (χ3v) is 1.82. The van der Waals surface area contributed by atoms with Gasteiger partial charge in [-0.05, 0) is 12.1 Å². The van der Waals surface area contributed by atoms with Gasteiger partial charge in [0, 0.05) is 18.8 Å². The highest BCUT2D eigenvalue weighted by Crippen LogP contribution is 2.06. The molecule has 3 nitrogen and oxygen atoms in total. The molecule has 0 saturated heterocycles. The fourth-order valence-corrected chi connectivity index (χ4v) is 1.20. The van der Waals surface area contributed by atoms with Crippen LogP contribution in [0, 0.1) is 5.41 Å². The first-order valence-electron chi connectivity index (χ1n) is 4.10. The Labute approximate surface area is 84.7 Å². The van der Waals surface area contributed by atoms with Crippen molar-refractivity contribution >= 4 is 19.8 Å². The minimum absolute atomic E-state index is 0. The van der Waals surface area contributed by atoms with Crippen LogP contribution in [0.15, 0.2) is 41.7 Å². The summed E-state index contributed by atoms with van der Waals surface area (Å²) >= 11 is 0. The largest absolute Gasteiger partial charge is 0.303 e. The van der Waals surface area contributed by atoms with E-state index < -0.39 is 0 Å². The van der Waals surface area contributed by atoms with Crippen molar-refractivity contribution in [2.24, 2.45) is 4.99 Å². The van der Waals surface area contributed by atoms with Crippen LogP contribution in [-0.2, 0) is 0 Å². The summed E-state index contributed by atoms with van der Waals surface area (Å²) in [4.78, 5) is 8.28. The first-order chi connectivity index (χ1) is 6.38. The average molecular weight is 185 g/mol. The molecule has 0 aliphatic carbocycles. The quantitative estimate of drug-likeness (QED) is 0.640. The van der Waals surface area contributed by atoms with E-state index in [1.165, 1.54) is 0 Å². The van der Waals surface area contributed by atoms with Crippen molar-refractivity contribution in [3.8, 4) is 0 Å². The van der Waals surface area contributed by atoms with Crippen LogP contribution in [0.4, 0.5) is 0 Å². The number of nitrogens with zero attached hydrogens (tertiary/aromatic N) is 2. The van der Waals surface area contributed by atoms with Crippen molar-refractivity contribution in [3.63, 3.8) is 0 Å². The van der Waals surface area contributed by atoms with Gasteiger partial charge in [-0.15, -0.1) is 0 Å². The minimum atomic E-state index is 0. The smallest absolute Gasteiger partial charge is 0.110 e. The summed E-state index contributed by atoms with van der Waals surface area (Å²) in [6, 6.07) is 5.62. The Morgan fingerprint density at radius 3 is 2.79 bits per heavy atom. The second kappa shape index (κ2) is 4.51. The highest BCUT2D eigenvalue weighted by Gasteiger charge is 2.11. The van der Waals surface area contributed by atoms with Gasteiger partial charge in [0.2, 0.25) is 0 Å². The Morgan fingerprint density at radius 1 is 1.29 bits per heavy atom. The summed E-state index contributed by atoms with van der Waals surface area (Å²) < 4.78 is 0. The topological polar surface area (TPSA) is 49.1 Å². The van der Waals surface area contributed by atoms with Crippen molar-refractivity contribution in [2.75, 3.05) is 0 Å². The number of aromatic nitrogens is 1. The molecule has 0 bridgehead atoms. The molecular weight excluding hydrogens is 173 g/mol. The van der Waals surface area contributed by atoms with Gasteiger partial charge in [0.25, 0.3) is 0 Å². The van der Waals surface area contributed by atoms with E-state index in [0.717, 1.165) is 5.69 Å². The van der Waals surface area contributed by atoms with E-state index >= 15 is 0 Å². The van der Waals surface area contributed by atoms with E-state index in [9.17, 15) is 0 Å². The van der Waals surface area contributed by atoms with E-state index in [4.69, 9.17) is 5.41 Å². The van der Waals surface area contributed by atoms with E-state index in [2.05, 4.69) is 9.98 Å². The fourth-order valence-electron chi connectivity index (χ4n) is 1.20. The summed E-state index contributed by atoms with van der Waals surface area (Å²) in [5.41, 5.74) is 1.99. The molecule has 0 radical (unpaired) electrons. The summed E-state index contributed by atoms with van der Waals surface area (Å²) in [7, 11) is 0. The van der Waals surface area contributed by atoms with E-state index in [0.29, 0.717) is 17.8 Å². The number of allylic oxidation sites excluding steroid dienone is 1. The van der Waals surface area contributed by atoms with E-state index in [-0.39, 0.29) is 8.41 Å². The van der Waals surface area contributed by atoms with Crippen LogP contribution >= 0.6 is 0 Å². The lowest BCUT2D eigenvalue weighted by Crippen LogP contribution is -2.16. The normalized spacial score (nSPS) is 14.6. The standard InChI is InChI=1S/C10H9N3.BH3/c11-8-4-3-7-13-10(8)9-5-1-2-6-12-9;/h1-3,5-7,11H,4H2;1H3. The third-order valence-electron chi connectivity index (χ3n) is 1.82. The molecule has 0 spiro atoms. The van der Waals surface area contributed by atoms with Crippen molar-refractivity contribution < 1.29 is 0 Å². The molecule has 0 fully saturated rings. The summed E-state index contributed by atoms with van der Waals surface area (Å²) in [6.07, 6.45) is 5.95. The van der Waals surface area contributed by atoms with Crippen LogP contribution in [0.3, 0.4) is 0 Å². The Hall–Kier alpha value is -1.71. The molecule has 0 amide bonds. The Balaban J connectivity index is 0.000000980. The van der Waals surface area contributed by atoms with Gasteiger partial charge in [-0.3, -0.25) is 9.98 Å². The van der Waals surface area contributed by atoms with E-state index in [1.807, 2.05) is 24.3 Å². The Bertz CT molecular complexity index is 382. The van der Waals surface area contributed by atoms with Gasteiger partial charge in [0.1, 0.15) is 5.71 Å². The molecule has 0 saturated carbocycles. The van der Waals surface area contributed by atoms with Gasteiger partial charge in [-0.2, -0.15) is 0 Å². The molecule has 1 N–H and O–H groups in total. The lowest BCUT2D eigenvalue weighted by molar-refractivity contribution is 1.26. The predicted molar refractivity (Wildman–Crippen MR) is 62.2 cm³/mol. The fraction of sp³-hybridized carbons (Fsp3) is 0.100. The molecule has 0 aromatic carbocycles. The molecule has 1 aromatic heterocycles. The van der Waals surface area contributed by atoms with Crippen LogP contribution in [0.25, 0.3) is 0 Å². The summed E-state index contributed by atoms with van der Waals surface area (Å²) in [5, 5.41) is 7.66. The molecule has 0 atom stereocenters. The predicted octanol–water partition coefficient (Wildman–Crippen LogP) is 0.624. The zero-order chi connectivity index (χ0) is 9.10. The highest BCUT2D eigenvalue weighted by molar-refractivity contribution is 6.47. The molecule has 1 aliphatic heterocycles.